The van der Waals surface area contributed by atoms with Crippen molar-refractivity contribution < 1.29 is 18.0 Å². The summed E-state index contributed by atoms with van der Waals surface area (Å²) in [6, 6.07) is 1.76. The number of amides is 1. The van der Waals surface area contributed by atoms with Crippen LogP contribution in [-0.2, 0) is 17.5 Å². The van der Waals surface area contributed by atoms with Crippen LogP contribution in [0.5, 0.6) is 0 Å². The summed E-state index contributed by atoms with van der Waals surface area (Å²) in [6.07, 6.45) is -4.62. The molecule has 0 unspecified atom stereocenters. The first-order chi connectivity index (χ1) is 10.1. The van der Waals surface area contributed by atoms with Gasteiger partial charge in [-0.2, -0.15) is 18.3 Å². The van der Waals surface area contributed by atoms with Gasteiger partial charge in [0.1, 0.15) is 17.8 Å². The Morgan fingerprint density at radius 1 is 1.36 bits per heavy atom. The molecule has 9 heteroatoms. The number of primary amides is 1. The highest BCUT2D eigenvalue weighted by Crippen LogP contribution is 2.29. The Bertz CT molecular complexity index is 796. The number of aromatic nitrogens is 3. The third-order valence-electron chi connectivity index (χ3n) is 2.97. The van der Waals surface area contributed by atoms with Crippen LogP contribution in [0.1, 0.15) is 31.2 Å². The lowest BCUT2D eigenvalue weighted by atomic mass is 10.1. The monoisotopic (exact) mass is 314 g/mol. The van der Waals surface area contributed by atoms with Crippen molar-refractivity contribution in [2.24, 2.45) is 5.73 Å². The van der Waals surface area contributed by atoms with E-state index in [1.165, 1.54) is 0 Å². The molecule has 0 aromatic carbocycles. The Morgan fingerprint density at radius 2 is 2.00 bits per heavy atom. The lowest BCUT2D eigenvalue weighted by Gasteiger charge is -2.13. The van der Waals surface area contributed by atoms with Crippen molar-refractivity contribution in [2.75, 3.05) is 0 Å². The molecule has 0 fully saturated rings. The standard InChI is InChI=1S/C13H13F3N4O2/c1-6(2)10-11-7(3-4-8(18-11)13(14,15)16)12(22)20(19-10)5-9(17)21/h3-4,6H,5H2,1-2H3,(H2,17,21). The van der Waals surface area contributed by atoms with Crippen molar-refractivity contribution in [1.29, 1.82) is 0 Å². The highest BCUT2D eigenvalue weighted by atomic mass is 19.4. The van der Waals surface area contributed by atoms with Gasteiger partial charge >= 0.3 is 6.18 Å². The fourth-order valence-corrected chi connectivity index (χ4v) is 1.99. The number of nitrogens with two attached hydrogens (primary N) is 1. The largest absolute Gasteiger partial charge is 0.433 e. The molecule has 2 rings (SSSR count). The highest BCUT2D eigenvalue weighted by molar-refractivity contribution is 5.80. The number of rotatable bonds is 3. The number of alkyl halides is 3. The minimum Gasteiger partial charge on any atom is -0.368 e. The molecule has 0 aliphatic carbocycles. The van der Waals surface area contributed by atoms with Gasteiger partial charge in [-0.1, -0.05) is 13.8 Å². The number of hydrogen-bond acceptors (Lipinski definition) is 4. The molecule has 0 aliphatic rings. The van der Waals surface area contributed by atoms with E-state index in [0.29, 0.717) is 0 Å². The number of fused-ring (bicyclic) bond motifs is 1. The molecule has 2 N–H and O–H groups in total. The van der Waals surface area contributed by atoms with Gasteiger partial charge in [-0.15, -0.1) is 0 Å². The molecule has 2 aromatic rings. The molecule has 1 amide bonds. The van der Waals surface area contributed by atoms with Crippen LogP contribution in [0.3, 0.4) is 0 Å². The summed E-state index contributed by atoms with van der Waals surface area (Å²) < 4.78 is 39.2. The highest BCUT2D eigenvalue weighted by Gasteiger charge is 2.33. The van der Waals surface area contributed by atoms with Gasteiger partial charge < -0.3 is 5.73 Å². The van der Waals surface area contributed by atoms with Gasteiger partial charge in [-0.3, -0.25) is 9.59 Å². The van der Waals surface area contributed by atoms with E-state index in [9.17, 15) is 22.8 Å². The number of nitrogens with zero attached hydrogens (tertiary/aromatic N) is 3. The maximum atomic E-state index is 12.8. The minimum atomic E-state index is -4.62. The average molecular weight is 314 g/mol. The minimum absolute atomic E-state index is 0.0343. The van der Waals surface area contributed by atoms with E-state index < -0.39 is 29.9 Å². The third kappa shape index (κ3) is 2.92. The first-order valence-corrected chi connectivity index (χ1v) is 6.38. The molecule has 2 heterocycles. The van der Waals surface area contributed by atoms with Crippen molar-refractivity contribution in [2.45, 2.75) is 32.5 Å². The zero-order chi connectivity index (χ0) is 16.7. The zero-order valence-electron chi connectivity index (χ0n) is 11.8. The van der Waals surface area contributed by atoms with Gasteiger partial charge in [-0.05, 0) is 18.1 Å². The van der Waals surface area contributed by atoms with E-state index in [2.05, 4.69) is 10.1 Å². The summed E-state index contributed by atoms with van der Waals surface area (Å²) in [6.45, 7) is 2.95. The SMILES string of the molecule is CC(C)c1nn(CC(N)=O)c(=O)c2ccc(C(F)(F)F)nc12. The molecule has 0 bridgehead atoms. The normalized spacial score (nSPS) is 12.1. The summed E-state index contributed by atoms with van der Waals surface area (Å²) in [5.41, 5.74) is 3.31. The Hall–Kier alpha value is -2.45. The number of carbonyl (C=O) groups is 1. The Kier molecular flexibility index (Phi) is 3.90. The van der Waals surface area contributed by atoms with E-state index in [-0.39, 0.29) is 22.5 Å². The molecular weight excluding hydrogens is 301 g/mol. The van der Waals surface area contributed by atoms with Crippen LogP contribution in [-0.4, -0.2) is 20.7 Å². The number of hydrogen-bond donors (Lipinski definition) is 1. The van der Waals surface area contributed by atoms with E-state index in [1.807, 2.05) is 0 Å². The summed E-state index contributed by atoms with van der Waals surface area (Å²) >= 11 is 0. The van der Waals surface area contributed by atoms with Crippen molar-refractivity contribution in [3.63, 3.8) is 0 Å². The Morgan fingerprint density at radius 3 is 2.50 bits per heavy atom. The van der Waals surface area contributed by atoms with Crippen LogP contribution >= 0.6 is 0 Å². The summed E-state index contributed by atoms with van der Waals surface area (Å²) in [7, 11) is 0. The van der Waals surface area contributed by atoms with Gasteiger partial charge in [0.2, 0.25) is 5.91 Å². The average Bonchev–Trinajstić information content (AvgIpc) is 2.39. The molecule has 0 atom stereocenters. The van der Waals surface area contributed by atoms with Gasteiger partial charge in [0.15, 0.2) is 0 Å². The molecule has 0 saturated carbocycles. The first kappa shape index (κ1) is 15.9. The fraction of sp³-hybridized carbons (Fsp3) is 0.385. The second-order valence-corrected chi connectivity index (χ2v) is 5.06. The molecule has 6 nitrogen and oxygen atoms in total. The molecular formula is C13H13F3N4O2. The Labute approximate surface area is 122 Å². The molecule has 118 valence electrons. The molecule has 0 spiro atoms. The summed E-state index contributed by atoms with van der Waals surface area (Å²) in [5, 5.41) is 3.90. The van der Waals surface area contributed by atoms with E-state index in [0.717, 1.165) is 16.8 Å². The quantitative estimate of drug-likeness (QED) is 0.927. The van der Waals surface area contributed by atoms with Gasteiger partial charge in [0, 0.05) is 0 Å². The molecule has 0 saturated heterocycles. The maximum Gasteiger partial charge on any atom is 0.433 e. The molecule has 0 aliphatic heterocycles. The second-order valence-electron chi connectivity index (χ2n) is 5.06. The van der Waals surface area contributed by atoms with Crippen LogP contribution in [0.25, 0.3) is 10.9 Å². The number of carbonyl (C=O) groups excluding carboxylic acids is 1. The number of halogens is 3. The second kappa shape index (κ2) is 5.39. The third-order valence-corrected chi connectivity index (χ3v) is 2.97. The van der Waals surface area contributed by atoms with Crippen LogP contribution in [0, 0.1) is 0 Å². The Balaban J connectivity index is 2.81. The van der Waals surface area contributed by atoms with Gasteiger partial charge in [0.25, 0.3) is 5.56 Å². The first-order valence-electron chi connectivity index (χ1n) is 6.38. The fourth-order valence-electron chi connectivity index (χ4n) is 1.99. The van der Waals surface area contributed by atoms with Crippen LogP contribution in [0.15, 0.2) is 16.9 Å². The van der Waals surface area contributed by atoms with E-state index >= 15 is 0 Å². The van der Waals surface area contributed by atoms with Crippen LogP contribution in [0.4, 0.5) is 13.2 Å². The van der Waals surface area contributed by atoms with Gasteiger partial charge in [-0.25, -0.2) is 9.67 Å². The molecule has 22 heavy (non-hydrogen) atoms. The van der Waals surface area contributed by atoms with Crippen LogP contribution < -0.4 is 11.3 Å². The van der Waals surface area contributed by atoms with E-state index in [1.54, 1.807) is 13.8 Å². The van der Waals surface area contributed by atoms with Crippen LogP contribution in [0.2, 0.25) is 0 Å². The summed E-state index contributed by atoms with van der Waals surface area (Å²) in [5.74, 6) is -1.07. The van der Waals surface area contributed by atoms with Crippen molar-refractivity contribution in [3.05, 3.63) is 33.9 Å². The predicted molar refractivity (Wildman–Crippen MR) is 72.1 cm³/mol. The van der Waals surface area contributed by atoms with Crippen molar-refractivity contribution in [3.8, 4) is 0 Å². The topological polar surface area (TPSA) is 90.9 Å². The molecule has 0 radical (unpaired) electrons. The molecule has 2 aromatic heterocycles. The smallest absolute Gasteiger partial charge is 0.368 e. The lowest BCUT2D eigenvalue weighted by Crippen LogP contribution is -2.31. The van der Waals surface area contributed by atoms with Crippen molar-refractivity contribution in [1.82, 2.24) is 14.8 Å². The van der Waals surface area contributed by atoms with Gasteiger partial charge in [0.05, 0.1) is 11.1 Å². The summed E-state index contributed by atoms with van der Waals surface area (Å²) in [4.78, 5) is 26.7. The number of pyridine rings is 1. The lowest BCUT2D eigenvalue weighted by molar-refractivity contribution is -0.141. The van der Waals surface area contributed by atoms with E-state index in [4.69, 9.17) is 5.73 Å². The maximum absolute atomic E-state index is 12.8. The zero-order valence-corrected chi connectivity index (χ0v) is 11.8. The predicted octanol–water partition coefficient (Wildman–Crippen LogP) is 1.42. The van der Waals surface area contributed by atoms with Crippen molar-refractivity contribution >= 4 is 16.8 Å².